The zero-order valence-corrected chi connectivity index (χ0v) is 6.40. The van der Waals surface area contributed by atoms with E-state index in [0.29, 0.717) is 0 Å². The maximum absolute atomic E-state index is 11.2. The molecule has 0 aromatic carbocycles. The number of halogens is 9. The molecule has 80 valence electrons. The molecule has 0 saturated carbocycles. The fourth-order valence-electron chi connectivity index (χ4n) is 0.482. The maximum atomic E-state index is 11.2. The molecule has 14 heavy (non-hydrogen) atoms. The van der Waals surface area contributed by atoms with Crippen molar-refractivity contribution < 1.29 is 58.4 Å². The van der Waals surface area contributed by atoms with Crippen LogP contribution >= 0.6 is 0 Å². The van der Waals surface area contributed by atoms with E-state index >= 15 is 0 Å². The van der Waals surface area contributed by atoms with Crippen LogP contribution in [-0.2, 0) is 0 Å². The van der Waals surface area contributed by atoms with Gasteiger partial charge in [0.25, 0.3) is 18.5 Å². The minimum absolute atomic E-state index is 0. The van der Waals surface area contributed by atoms with Crippen molar-refractivity contribution in [3.8, 4) is 0 Å². The summed E-state index contributed by atoms with van der Waals surface area (Å²) in [5, 5.41) is 0. The molecule has 0 amide bonds. The average molecular weight is 226 g/mol. The summed E-state index contributed by atoms with van der Waals surface area (Å²) in [5.41, 5.74) is 0. The third-order valence-corrected chi connectivity index (χ3v) is 0.850. The van der Waals surface area contributed by atoms with Crippen LogP contribution in [0, 0.1) is 5.92 Å². The molecule has 0 aliphatic heterocycles. The monoisotopic (exact) mass is 226 g/mol. The Morgan fingerprint density at radius 2 is 0.643 bits per heavy atom. The first kappa shape index (κ1) is 16.4. The summed E-state index contributed by atoms with van der Waals surface area (Å²) < 4.78 is 101. The molecule has 0 aliphatic carbocycles. The van der Waals surface area contributed by atoms with Gasteiger partial charge in [-0.05, 0) is 5.92 Å². The largest absolute Gasteiger partial charge is 1.00 e. The second kappa shape index (κ2) is 4.22. The molecule has 0 aromatic rings. The van der Waals surface area contributed by atoms with Crippen LogP contribution in [0.5, 0.6) is 0 Å². The Bertz CT molecular complexity index is 139. The topological polar surface area (TPSA) is 0 Å². The van der Waals surface area contributed by atoms with Crippen LogP contribution in [0.1, 0.15) is 0 Å². The molecule has 0 saturated heterocycles. The van der Waals surface area contributed by atoms with Crippen molar-refractivity contribution in [1.82, 2.24) is 0 Å². The Morgan fingerprint density at radius 1 is 0.500 bits per heavy atom. The minimum Gasteiger partial charge on any atom is -0.206 e. The molecule has 0 atom stereocenters. The van der Waals surface area contributed by atoms with Crippen molar-refractivity contribution >= 4 is 0 Å². The van der Waals surface area contributed by atoms with Crippen LogP contribution in [-0.4, -0.2) is 18.5 Å². The number of hydrogen-bond donors (Lipinski definition) is 0. The summed E-state index contributed by atoms with van der Waals surface area (Å²) in [6, 6.07) is 0. The third-order valence-electron chi connectivity index (χ3n) is 0.850. The van der Waals surface area contributed by atoms with Gasteiger partial charge in [0, 0.05) is 0 Å². The molecule has 0 aliphatic rings. The SMILES string of the molecule is FC(F)(F)[C-](C(F)(F)F)C(F)(F)F.[Li+]. The standard InChI is InChI=1S/C4F9.Li/c5-2(6,7)1(3(8,9)10)4(11,12)13;/q-1;+1. The summed E-state index contributed by atoms with van der Waals surface area (Å²) in [6.07, 6.45) is -19.3. The molecule has 0 nitrogen and oxygen atoms in total. The van der Waals surface area contributed by atoms with Crippen LogP contribution in [0.4, 0.5) is 39.5 Å². The van der Waals surface area contributed by atoms with Crippen molar-refractivity contribution in [3.05, 3.63) is 5.92 Å². The number of hydrogen-bond acceptors (Lipinski definition) is 0. The summed E-state index contributed by atoms with van der Waals surface area (Å²) in [5.74, 6) is -4.35. The van der Waals surface area contributed by atoms with Gasteiger partial charge in [-0.3, -0.25) is 0 Å². The zero-order chi connectivity index (χ0) is 11.1. The Labute approximate surface area is 83.6 Å². The first-order valence-electron chi connectivity index (χ1n) is 2.45. The van der Waals surface area contributed by atoms with E-state index in [4.69, 9.17) is 0 Å². The smallest absolute Gasteiger partial charge is 0.206 e. The van der Waals surface area contributed by atoms with E-state index in [1.54, 1.807) is 0 Å². The quantitative estimate of drug-likeness (QED) is 0.315. The first-order valence-corrected chi connectivity index (χ1v) is 2.45. The molecule has 0 N–H and O–H groups in total. The van der Waals surface area contributed by atoms with E-state index in [2.05, 4.69) is 0 Å². The predicted octanol–water partition coefficient (Wildman–Crippen LogP) is 0.252. The molecular formula is C4F9Li. The molecule has 0 spiro atoms. The molecule has 0 unspecified atom stereocenters. The van der Waals surface area contributed by atoms with Crippen LogP contribution in [0.25, 0.3) is 0 Å². The number of alkyl halides is 9. The van der Waals surface area contributed by atoms with Gasteiger partial charge in [-0.2, -0.15) is 0 Å². The fourth-order valence-corrected chi connectivity index (χ4v) is 0.482. The summed E-state index contributed by atoms with van der Waals surface area (Å²) in [6.45, 7) is 0. The average Bonchev–Trinajstić information content (AvgIpc) is 1.44. The van der Waals surface area contributed by atoms with Crippen molar-refractivity contribution in [2.24, 2.45) is 0 Å². The van der Waals surface area contributed by atoms with Gasteiger partial charge in [0.1, 0.15) is 0 Å². The minimum atomic E-state index is -6.45. The van der Waals surface area contributed by atoms with E-state index in [9.17, 15) is 39.5 Å². The van der Waals surface area contributed by atoms with Gasteiger partial charge in [-0.25, -0.2) is 39.5 Å². The second-order valence-corrected chi connectivity index (χ2v) is 1.87. The molecule has 0 bridgehead atoms. The van der Waals surface area contributed by atoms with E-state index in [1.165, 1.54) is 0 Å². The van der Waals surface area contributed by atoms with Gasteiger partial charge >= 0.3 is 18.9 Å². The van der Waals surface area contributed by atoms with Crippen LogP contribution in [0.2, 0.25) is 0 Å². The van der Waals surface area contributed by atoms with Crippen LogP contribution < -0.4 is 18.9 Å². The van der Waals surface area contributed by atoms with Crippen LogP contribution in [0.3, 0.4) is 0 Å². The van der Waals surface area contributed by atoms with E-state index in [-0.39, 0.29) is 18.9 Å². The normalized spacial score (nSPS) is 14.1. The van der Waals surface area contributed by atoms with Crippen molar-refractivity contribution in [1.29, 1.82) is 0 Å². The number of rotatable bonds is 0. The Balaban J connectivity index is 0. The van der Waals surface area contributed by atoms with Crippen molar-refractivity contribution in [2.75, 3.05) is 0 Å². The van der Waals surface area contributed by atoms with Crippen molar-refractivity contribution in [2.45, 2.75) is 18.5 Å². The van der Waals surface area contributed by atoms with Crippen molar-refractivity contribution in [3.63, 3.8) is 0 Å². The van der Waals surface area contributed by atoms with Gasteiger partial charge in [0.15, 0.2) is 0 Å². The third kappa shape index (κ3) is 4.46. The molecule has 0 radical (unpaired) electrons. The molecule has 0 heterocycles. The van der Waals surface area contributed by atoms with E-state index in [0.717, 1.165) is 0 Å². The van der Waals surface area contributed by atoms with Gasteiger partial charge in [0.2, 0.25) is 0 Å². The Kier molecular flexibility index (Phi) is 4.95. The van der Waals surface area contributed by atoms with E-state index < -0.39 is 24.4 Å². The Hall–Kier alpha value is -0.0326. The van der Waals surface area contributed by atoms with Crippen LogP contribution in [0.15, 0.2) is 0 Å². The van der Waals surface area contributed by atoms with Gasteiger partial charge in [-0.15, -0.1) is 0 Å². The maximum Gasteiger partial charge on any atom is 1.00 e. The van der Waals surface area contributed by atoms with E-state index in [1.807, 2.05) is 0 Å². The molecule has 0 rings (SSSR count). The summed E-state index contributed by atoms with van der Waals surface area (Å²) in [4.78, 5) is 0. The summed E-state index contributed by atoms with van der Waals surface area (Å²) >= 11 is 0. The molecule has 10 heteroatoms. The zero-order valence-electron chi connectivity index (χ0n) is 6.40. The Morgan fingerprint density at radius 3 is 0.643 bits per heavy atom. The summed E-state index contributed by atoms with van der Waals surface area (Å²) in [7, 11) is 0. The second-order valence-electron chi connectivity index (χ2n) is 1.87. The molecular weight excluding hydrogens is 226 g/mol. The van der Waals surface area contributed by atoms with Gasteiger partial charge in [-0.1, -0.05) is 0 Å². The van der Waals surface area contributed by atoms with Gasteiger partial charge < -0.3 is 0 Å². The van der Waals surface area contributed by atoms with Gasteiger partial charge in [0.05, 0.1) is 0 Å². The predicted molar refractivity (Wildman–Crippen MR) is 21.4 cm³/mol. The molecule has 0 fully saturated rings. The molecule has 0 aromatic heterocycles. The first-order chi connectivity index (χ1) is 5.37. The fraction of sp³-hybridized carbons (Fsp3) is 0.750.